The number of hydrogen-bond donors (Lipinski definition) is 3. The van der Waals surface area contributed by atoms with Crippen molar-refractivity contribution in [2.24, 2.45) is 5.92 Å². The summed E-state index contributed by atoms with van der Waals surface area (Å²) in [6.45, 7) is 0.0436. The number of carbonyl (C=O) groups excluding carboxylic acids is 1. The smallest absolute Gasteiger partial charge is 0.328 e. The molecule has 0 aromatic carbocycles. The third-order valence-electron chi connectivity index (χ3n) is 3.38. The van der Waals surface area contributed by atoms with Crippen LogP contribution in [-0.2, 0) is 4.79 Å². The van der Waals surface area contributed by atoms with Crippen LogP contribution < -0.4 is 5.32 Å². The molecule has 0 saturated heterocycles. The summed E-state index contributed by atoms with van der Waals surface area (Å²) in [7, 11) is 1.65. The number of hydrogen-bond acceptors (Lipinski definition) is 3. The van der Waals surface area contributed by atoms with Gasteiger partial charge in [0.2, 0.25) is 0 Å². The standard InChI is InChI=1S/C12H22N2O4/c1-14(7-9-5-3-2-4-6-9)12(18)13-10(8-15)11(16)17/h9-10,15H,2-8H2,1H3,(H,13,18)(H,16,17)/t10-/m1/s1. The molecule has 0 heterocycles. The Morgan fingerprint density at radius 1 is 1.33 bits per heavy atom. The number of carboxylic acids is 1. The van der Waals surface area contributed by atoms with E-state index in [-0.39, 0.29) is 0 Å². The lowest BCUT2D eigenvalue weighted by Crippen LogP contribution is -2.49. The van der Waals surface area contributed by atoms with Crippen LogP contribution in [0.5, 0.6) is 0 Å². The molecule has 104 valence electrons. The number of aliphatic carboxylic acids is 1. The Kier molecular flexibility index (Phi) is 5.91. The van der Waals surface area contributed by atoms with Crippen molar-refractivity contribution in [1.29, 1.82) is 0 Å². The van der Waals surface area contributed by atoms with Gasteiger partial charge in [-0.25, -0.2) is 9.59 Å². The molecular formula is C12H22N2O4. The Balaban J connectivity index is 2.37. The molecule has 1 rings (SSSR count). The van der Waals surface area contributed by atoms with Gasteiger partial charge in [0.25, 0.3) is 0 Å². The molecule has 0 aliphatic heterocycles. The topological polar surface area (TPSA) is 89.9 Å². The van der Waals surface area contributed by atoms with Crippen molar-refractivity contribution in [1.82, 2.24) is 10.2 Å². The van der Waals surface area contributed by atoms with E-state index in [0.717, 1.165) is 12.8 Å². The summed E-state index contributed by atoms with van der Waals surface area (Å²) in [5, 5.41) is 19.9. The Labute approximate surface area is 107 Å². The van der Waals surface area contributed by atoms with Gasteiger partial charge in [-0.1, -0.05) is 19.3 Å². The first-order valence-corrected chi connectivity index (χ1v) is 6.40. The van der Waals surface area contributed by atoms with E-state index in [0.29, 0.717) is 12.5 Å². The normalized spacial score (nSPS) is 18.1. The first kappa shape index (κ1) is 14.8. The molecule has 0 spiro atoms. The second-order valence-electron chi connectivity index (χ2n) is 4.91. The van der Waals surface area contributed by atoms with Crippen molar-refractivity contribution in [2.45, 2.75) is 38.1 Å². The summed E-state index contributed by atoms with van der Waals surface area (Å²) in [5.41, 5.74) is 0. The monoisotopic (exact) mass is 258 g/mol. The van der Waals surface area contributed by atoms with Crippen molar-refractivity contribution < 1.29 is 19.8 Å². The van der Waals surface area contributed by atoms with Crippen LogP contribution in [0.1, 0.15) is 32.1 Å². The molecule has 1 aliphatic rings. The van der Waals surface area contributed by atoms with Gasteiger partial charge in [0.1, 0.15) is 0 Å². The molecule has 1 fully saturated rings. The fraction of sp³-hybridized carbons (Fsp3) is 0.833. The van der Waals surface area contributed by atoms with Gasteiger partial charge in [-0.2, -0.15) is 0 Å². The second-order valence-corrected chi connectivity index (χ2v) is 4.91. The second kappa shape index (κ2) is 7.20. The number of rotatable bonds is 5. The molecule has 0 aromatic rings. The van der Waals surface area contributed by atoms with E-state index in [1.165, 1.54) is 24.2 Å². The van der Waals surface area contributed by atoms with Crippen molar-refractivity contribution in [3.05, 3.63) is 0 Å². The van der Waals surface area contributed by atoms with Crippen LogP contribution >= 0.6 is 0 Å². The van der Waals surface area contributed by atoms with E-state index < -0.39 is 24.6 Å². The van der Waals surface area contributed by atoms with E-state index in [4.69, 9.17) is 10.2 Å². The molecule has 1 aliphatic carbocycles. The summed E-state index contributed by atoms with van der Waals surface area (Å²) < 4.78 is 0. The molecule has 0 radical (unpaired) electrons. The van der Waals surface area contributed by atoms with Crippen molar-refractivity contribution in [3.8, 4) is 0 Å². The Morgan fingerprint density at radius 2 is 1.94 bits per heavy atom. The minimum absolute atomic E-state index is 0.443. The van der Waals surface area contributed by atoms with Crippen LogP contribution in [0.25, 0.3) is 0 Å². The third-order valence-corrected chi connectivity index (χ3v) is 3.38. The number of urea groups is 1. The minimum atomic E-state index is -1.23. The fourth-order valence-corrected chi connectivity index (χ4v) is 2.28. The van der Waals surface area contributed by atoms with Gasteiger partial charge >= 0.3 is 12.0 Å². The average Bonchev–Trinajstić information content (AvgIpc) is 2.36. The number of nitrogens with zero attached hydrogens (tertiary/aromatic N) is 1. The largest absolute Gasteiger partial charge is 0.480 e. The Bertz CT molecular complexity index is 290. The van der Waals surface area contributed by atoms with Gasteiger partial charge < -0.3 is 20.4 Å². The molecule has 6 nitrogen and oxygen atoms in total. The molecule has 1 saturated carbocycles. The first-order valence-electron chi connectivity index (χ1n) is 6.40. The maximum absolute atomic E-state index is 11.7. The summed E-state index contributed by atoms with van der Waals surface area (Å²) in [6, 6.07) is -1.67. The van der Waals surface area contributed by atoms with Gasteiger partial charge in [0.05, 0.1) is 6.61 Å². The highest BCUT2D eigenvalue weighted by Crippen LogP contribution is 2.24. The molecule has 2 amide bonds. The Hall–Kier alpha value is -1.30. The van der Waals surface area contributed by atoms with Crippen LogP contribution in [0.15, 0.2) is 0 Å². The number of aliphatic hydroxyl groups excluding tert-OH is 1. The molecular weight excluding hydrogens is 236 g/mol. The molecule has 0 unspecified atom stereocenters. The zero-order chi connectivity index (χ0) is 13.5. The Morgan fingerprint density at radius 3 is 2.44 bits per heavy atom. The predicted molar refractivity (Wildman–Crippen MR) is 66.2 cm³/mol. The van der Waals surface area contributed by atoms with E-state index in [1.54, 1.807) is 7.05 Å². The summed E-state index contributed by atoms with van der Waals surface area (Å²) in [5.74, 6) is -0.719. The van der Waals surface area contributed by atoms with Crippen molar-refractivity contribution in [2.75, 3.05) is 20.2 Å². The SMILES string of the molecule is CN(CC1CCCCC1)C(=O)N[C@H](CO)C(=O)O. The summed E-state index contributed by atoms with van der Waals surface area (Å²) in [6.07, 6.45) is 5.92. The number of aliphatic hydroxyl groups is 1. The van der Waals surface area contributed by atoms with Gasteiger partial charge in [0, 0.05) is 13.6 Å². The van der Waals surface area contributed by atoms with E-state index >= 15 is 0 Å². The van der Waals surface area contributed by atoms with Crippen LogP contribution in [-0.4, -0.2) is 53.4 Å². The lowest BCUT2D eigenvalue weighted by Gasteiger charge is -2.27. The number of carbonyl (C=O) groups is 2. The van der Waals surface area contributed by atoms with Gasteiger partial charge in [0.15, 0.2) is 6.04 Å². The van der Waals surface area contributed by atoms with E-state index in [2.05, 4.69) is 5.32 Å². The number of amides is 2. The lowest BCUT2D eigenvalue weighted by atomic mass is 9.89. The quantitative estimate of drug-likeness (QED) is 0.675. The zero-order valence-corrected chi connectivity index (χ0v) is 10.8. The van der Waals surface area contributed by atoms with Crippen LogP contribution in [0, 0.1) is 5.92 Å². The minimum Gasteiger partial charge on any atom is -0.480 e. The molecule has 18 heavy (non-hydrogen) atoms. The zero-order valence-electron chi connectivity index (χ0n) is 10.8. The van der Waals surface area contributed by atoms with Crippen molar-refractivity contribution in [3.63, 3.8) is 0 Å². The van der Waals surface area contributed by atoms with Gasteiger partial charge in [-0.3, -0.25) is 0 Å². The summed E-state index contributed by atoms with van der Waals surface area (Å²) in [4.78, 5) is 23.9. The average molecular weight is 258 g/mol. The molecule has 3 N–H and O–H groups in total. The van der Waals surface area contributed by atoms with Crippen molar-refractivity contribution >= 4 is 12.0 Å². The molecule has 1 atom stereocenters. The molecule has 0 bridgehead atoms. The lowest BCUT2D eigenvalue weighted by molar-refractivity contribution is -0.140. The predicted octanol–water partition coefficient (Wildman–Crippen LogP) is 0.654. The van der Waals surface area contributed by atoms with Crippen LogP contribution in [0.4, 0.5) is 4.79 Å². The number of carboxylic acid groups (broad SMARTS) is 1. The van der Waals surface area contributed by atoms with E-state index in [9.17, 15) is 9.59 Å². The fourth-order valence-electron chi connectivity index (χ4n) is 2.28. The van der Waals surface area contributed by atoms with E-state index in [1.807, 2.05) is 0 Å². The molecule has 0 aromatic heterocycles. The third kappa shape index (κ3) is 4.52. The van der Waals surface area contributed by atoms with Crippen LogP contribution in [0.2, 0.25) is 0 Å². The highest BCUT2D eigenvalue weighted by atomic mass is 16.4. The summed E-state index contributed by atoms with van der Waals surface area (Å²) >= 11 is 0. The van der Waals surface area contributed by atoms with Crippen LogP contribution in [0.3, 0.4) is 0 Å². The maximum Gasteiger partial charge on any atom is 0.328 e. The molecule has 6 heteroatoms. The highest BCUT2D eigenvalue weighted by Gasteiger charge is 2.23. The first-order chi connectivity index (χ1) is 8.54. The highest BCUT2D eigenvalue weighted by molar-refractivity contribution is 5.82. The van der Waals surface area contributed by atoms with Gasteiger partial charge in [-0.05, 0) is 18.8 Å². The maximum atomic E-state index is 11.7. The van der Waals surface area contributed by atoms with Gasteiger partial charge in [-0.15, -0.1) is 0 Å². The number of nitrogens with one attached hydrogen (secondary N) is 1.